The fourth-order valence-corrected chi connectivity index (χ4v) is 4.11. The summed E-state index contributed by atoms with van der Waals surface area (Å²) in [5, 5.41) is 10.3. The van der Waals surface area contributed by atoms with Crippen molar-refractivity contribution in [3.8, 4) is 0 Å². The van der Waals surface area contributed by atoms with Gasteiger partial charge in [-0.2, -0.15) is 0 Å². The van der Waals surface area contributed by atoms with Crippen molar-refractivity contribution in [3.05, 3.63) is 35.6 Å². The highest BCUT2D eigenvalue weighted by Crippen LogP contribution is 2.39. The highest BCUT2D eigenvalue weighted by Gasteiger charge is 2.36. The second kappa shape index (κ2) is 4.88. The Labute approximate surface area is 123 Å². The van der Waals surface area contributed by atoms with Gasteiger partial charge >= 0.3 is 5.97 Å². The van der Waals surface area contributed by atoms with Gasteiger partial charge in [-0.1, -0.05) is 24.6 Å². The van der Waals surface area contributed by atoms with Gasteiger partial charge in [0.2, 0.25) is 5.76 Å². The van der Waals surface area contributed by atoms with Gasteiger partial charge in [0.15, 0.2) is 0 Å². The Bertz CT molecular complexity index is 678. The molecule has 1 aromatic carbocycles. The summed E-state index contributed by atoms with van der Waals surface area (Å²) in [7, 11) is 0. The lowest BCUT2D eigenvalue weighted by Gasteiger charge is -2.16. The van der Waals surface area contributed by atoms with Crippen molar-refractivity contribution in [1.82, 2.24) is 4.90 Å². The van der Waals surface area contributed by atoms with Crippen molar-refractivity contribution in [2.45, 2.75) is 25.8 Å². The lowest BCUT2D eigenvalue weighted by molar-refractivity contribution is 0.0662. The zero-order valence-electron chi connectivity index (χ0n) is 11.9. The summed E-state index contributed by atoms with van der Waals surface area (Å²) in [6, 6.07) is 7.61. The third-order valence-electron chi connectivity index (χ3n) is 5.08. The van der Waals surface area contributed by atoms with Crippen LogP contribution in [0.1, 0.15) is 35.4 Å². The van der Waals surface area contributed by atoms with Crippen molar-refractivity contribution in [3.63, 3.8) is 0 Å². The van der Waals surface area contributed by atoms with Crippen LogP contribution >= 0.6 is 0 Å². The number of likely N-dealkylation sites (tertiary alicyclic amines) is 1. The minimum absolute atomic E-state index is 0.105. The molecule has 4 rings (SSSR count). The summed E-state index contributed by atoms with van der Waals surface area (Å²) in [5.74, 6) is 0.765. The van der Waals surface area contributed by atoms with Crippen LogP contribution in [-0.4, -0.2) is 29.1 Å². The predicted octanol–water partition coefficient (Wildman–Crippen LogP) is 3.36. The molecule has 4 heteroatoms. The summed E-state index contributed by atoms with van der Waals surface area (Å²) < 4.78 is 5.54. The van der Waals surface area contributed by atoms with Gasteiger partial charge in [0, 0.05) is 30.6 Å². The molecular formula is C17H19NO3. The SMILES string of the molecule is O=C(O)c1oc2ccccc2c1CN1CC2CCCC2C1. The third kappa shape index (κ3) is 2.14. The Balaban J connectivity index is 1.66. The minimum Gasteiger partial charge on any atom is -0.475 e. The Kier molecular flexibility index (Phi) is 3.00. The number of furan rings is 1. The first kappa shape index (κ1) is 12.9. The van der Waals surface area contributed by atoms with Crippen LogP contribution in [0.25, 0.3) is 11.0 Å². The Morgan fingerprint density at radius 1 is 1.24 bits per heavy atom. The van der Waals surface area contributed by atoms with Gasteiger partial charge in [-0.05, 0) is 30.7 Å². The van der Waals surface area contributed by atoms with E-state index < -0.39 is 5.97 Å². The van der Waals surface area contributed by atoms with Crippen LogP contribution in [-0.2, 0) is 6.54 Å². The third-order valence-corrected chi connectivity index (χ3v) is 5.08. The quantitative estimate of drug-likeness (QED) is 0.939. The molecule has 0 amide bonds. The van der Waals surface area contributed by atoms with Gasteiger partial charge in [-0.3, -0.25) is 4.90 Å². The molecule has 110 valence electrons. The summed E-state index contributed by atoms with van der Waals surface area (Å²) in [5.41, 5.74) is 1.50. The lowest BCUT2D eigenvalue weighted by Crippen LogP contribution is -2.22. The molecule has 1 aromatic heterocycles. The number of hydrogen-bond donors (Lipinski definition) is 1. The van der Waals surface area contributed by atoms with Crippen LogP contribution in [0.2, 0.25) is 0 Å². The summed E-state index contributed by atoms with van der Waals surface area (Å²) in [4.78, 5) is 13.8. The van der Waals surface area contributed by atoms with Crippen LogP contribution in [0.15, 0.2) is 28.7 Å². The average Bonchev–Trinajstić information content (AvgIpc) is 3.12. The average molecular weight is 285 g/mol. The van der Waals surface area contributed by atoms with Crippen molar-refractivity contribution >= 4 is 16.9 Å². The first-order chi connectivity index (χ1) is 10.2. The van der Waals surface area contributed by atoms with E-state index in [1.165, 1.54) is 19.3 Å². The molecule has 2 aliphatic rings. The molecule has 1 N–H and O–H groups in total. The van der Waals surface area contributed by atoms with Crippen LogP contribution in [0.3, 0.4) is 0 Å². The van der Waals surface area contributed by atoms with Gasteiger partial charge in [-0.15, -0.1) is 0 Å². The van der Waals surface area contributed by atoms with Crippen LogP contribution in [0.4, 0.5) is 0 Å². The Morgan fingerprint density at radius 3 is 2.67 bits per heavy atom. The maximum absolute atomic E-state index is 11.4. The minimum atomic E-state index is -0.972. The van der Waals surface area contributed by atoms with E-state index in [0.717, 1.165) is 35.9 Å². The van der Waals surface area contributed by atoms with Crippen molar-refractivity contribution in [2.75, 3.05) is 13.1 Å². The molecule has 1 saturated heterocycles. The zero-order valence-corrected chi connectivity index (χ0v) is 11.9. The number of fused-ring (bicyclic) bond motifs is 2. The van der Waals surface area contributed by atoms with Gasteiger partial charge in [0.25, 0.3) is 0 Å². The molecular weight excluding hydrogens is 266 g/mol. The fraction of sp³-hybridized carbons (Fsp3) is 0.471. The van der Waals surface area contributed by atoms with E-state index in [9.17, 15) is 9.90 Å². The monoisotopic (exact) mass is 285 g/mol. The molecule has 4 nitrogen and oxygen atoms in total. The highest BCUT2D eigenvalue weighted by atomic mass is 16.4. The van der Waals surface area contributed by atoms with Gasteiger partial charge in [-0.25, -0.2) is 4.79 Å². The maximum Gasteiger partial charge on any atom is 0.372 e. The number of carbonyl (C=O) groups is 1. The molecule has 0 bridgehead atoms. The molecule has 1 aliphatic carbocycles. The van der Waals surface area contributed by atoms with E-state index in [0.29, 0.717) is 12.1 Å². The second-order valence-electron chi connectivity index (χ2n) is 6.36. The first-order valence-electron chi connectivity index (χ1n) is 7.68. The number of carboxylic acid groups (broad SMARTS) is 1. The molecule has 2 atom stereocenters. The number of benzene rings is 1. The maximum atomic E-state index is 11.4. The lowest BCUT2D eigenvalue weighted by atomic mass is 10.0. The highest BCUT2D eigenvalue weighted by molar-refractivity contribution is 5.95. The molecule has 2 aromatic rings. The number of carboxylic acids is 1. The topological polar surface area (TPSA) is 53.7 Å². The largest absolute Gasteiger partial charge is 0.475 e. The molecule has 2 heterocycles. The molecule has 1 aliphatic heterocycles. The number of para-hydroxylation sites is 1. The molecule has 1 saturated carbocycles. The standard InChI is InChI=1S/C17H19NO3/c19-17(20)16-14(13-6-1-2-7-15(13)21-16)10-18-8-11-4-3-5-12(11)9-18/h1-2,6-7,11-12H,3-5,8-10H2,(H,19,20). The fourth-order valence-electron chi connectivity index (χ4n) is 4.11. The Hall–Kier alpha value is -1.81. The van der Waals surface area contributed by atoms with Gasteiger partial charge in [0.05, 0.1) is 0 Å². The van der Waals surface area contributed by atoms with E-state index in [1.807, 2.05) is 24.3 Å². The number of rotatable bonds is 3. The van der Waals surface area contributed by atoms with Crippen LogP contribution in [0.5, 0.6) is 0 Å². The Morgan fingerprint density at radius 2 is 1.95 bits per heavy atom. The van der Waals surface area contributed by atoms with Crippen molar-refractivity contribution < 1.29 is 14.3 Å². The molecule has 2 fully saturated rings. The van der Waals surface area contributed by atoms with Crippen LogP contribution < -0.4 is 0 Å². The summed E-state index contributed by atoms with van der Waals surface area (Å²) in [6.45, 7) is 2.89. The normalized spacial score (nSPS) is 25.5. The number of aromatic carboxylic acids is 1. The molecule has 2 unspecified atom stereocenters. The van der Waals surface area contributed by atoms with Gasteiger partial charge < -0.3 is 9.52 Å². The smallest absolute Gasteiger partial charge is 0.372 e. The first-order valence-corrected chi connectivity index (χ1v) is 7.68. The predicted molar refractivity (Wildman–Crippen MR) is 79.3 cm³/mol. The van der Waals surface area contributed by atoms with Crippen LogP contribution in [0, 0.1) is 11.8 Å². The molecule has 0 radical (unpaired) electrons. The molecule has 21 heavy (non-hydrogen) atoms. The summed E-state index contributed by atoms with van der Waals surface area (Å²) >= 11 is 0. The van der Waals surface area contributed by atoms with E-state index in [2.05, 4.69) is 4.90 Å². The van der Waals surface area contributed by atoms with E-state index in [1.54, 1.807) is 0 Å². The zero-order chi connectivity index (χ0) is 14.4. The van der Waals surface area contributed by atoms with E-state index in [4.69, 9.17) is 4.42 Å². The second-order valence-corrected chi connectivity index (χ2v) is 6.36. The number of nitrogens with zero attached hydrogens (tertiary/aromatic N) is 1. The summed E-state index contributed by atoms with van der Waals surface area (Å²) in [6.07, 6.45) is 4.02. The van der Waals surface area contributed by atoms with E-state index in [-0.39, 0.29) is 5.76 Å². The number of hydrogen-bond acceptors (Lipinski definition) is 3. The van der Waals surface area contributed by atoms with Crippen molar-refractivity contribution in [1.29, 1.82) is 0 Å². The van der Waals surface area contributed by atoms with Crippen molar-refractivity contribution in [2.24, 2.45) is 11.8 Å². The molecule has 0 spiro atoms. The van der Waals surface area contributed by atoms with Gasteiger partial charge in [0.1, 0.15) is 5.58 Å². The van der Waals surface area contributed by atoms with E-state index >= 15 is 0 Å².